The Labute approximate surface area is 122 Å². The first-order valence-electron chi connectivity index (χ1n) is 7.59. The lowest BCUT2D eigenvalue weighted by atomic mass is 9.95. The van der Waals surface area contributed by atoms with E-state index in [0.29, 0.717) is 17.3 Å². The average molecular weight is 277 g/mol. The number of nitrogen functional groups attached to an aromatic ring is 1. The summed E-state index contributed by atoms with van der Waals surface area (Å²) < 4.78 is 0. The monoisotopic (exact) mass is 277 g/mol. The first-order chi connectivity index (χ1) is 9.51. The van der Waals surface area contributed by atoms with Crippen LogP contribution in [-0.2, 0) is 6.42 Å². The number of pyridine rings is 1. The Bertz CT molecular complexity index is 441. The maximum atomic E-state index is 12.3. The zero-order chi connectivity index (χ0) is 15.1. The number of amides is 1. The minimum atomic E-state index is -0.0594. The molecular weight excluding hydrogens is 250 g/mol. The lowest BCUT2D eigenvalue weighted by Crippen LogP contribution is -2.37. The van der Waals surface area contributed by atoms with Gasteiger partial charge in [-0.15, -0.1) is 0 Å². The van der Waals surface area contributed by atoms with Gasteiger partial charge in [-0.3, -0.25) is 4.79 Å². The number of nitrogens with two attached hydrogens (primary N) is 1. The maximum absolute atomic E-state index is 12.3. The Hall–Kier alpha value is -1.58. The molecule has 0 fully saturated rings. The van der Waals surface area contributed by atoms with E-state index in [9.17, 15) is 4.79 Å². The molecule has 1 rings (SSSR count). The van der Waals surface area contributed by atoms with Crippen LogP contribution < -0.4 is 11.1 Å². The molecule has 4 heteroatoms. The van der Waals surface area contributed by atoms with E-state index in [0.717, 1.165) is 31.4 Å². The highest BCUT2D eigenvalue weighted by Gasteiger charge is 2.17. The molecule has 0 bridgehead atoms. The first-order valence-corrected chi connectivity index (χ1v) is 7.59. The van der Waals surface area contributed by atoms with E-state index < -0.39 is 0 Å². The summed E-state index contributed by atoms with van der Waals surface area (Å²) in [5.41, 5.74) is 7.27. The summed E-state index contributed by atoms with van der Waals surface area (Å²) in [6.07, 6.45) is 3.96. The number of nitrogens with one attached hydrogen (secondary N) is 1. The van der Waals surface area contributed by atoms with E-state index in [4.69, 9.17) is 5.73 Å². The van der Waals surface area contributed by atoms with Gasteiger partial charge in [0.2, 0.25) is 0 Å². The summed E-state index contributed by atoms with van der Waals surface area (Å²) in [4.78, 5) is 16.6. The second-order valence-corrected chi connectivity index (χ2v) is 5.36. The molecule has 0 radical (unpaired) electrons. The van der Waals surface area contributed by atoms with Crippen molar-refractivity contribution in [2.75, 3.05) is 5.73 Å². The summed E-state index contributed by atoms with van der Waals surface area (Å²) in [7, 11) is 0. The molecule has 1 aromatic rings. The molecule has 1 unspecified atom stereocenters. The minimum Gasteiger partial charge on any atom is -0.384 e. The number of rotatable bonds is 7. The van der Waals surface area contributed by atoms with E-state index in [1.807, 2.05) is 6.07 Å². The third-order valence-electron chi connectivity index (χ3n) is 3.78. The van der Waals surface area contributed by atoms with Gasteiger partial charge < -0.3 is 11.1 Å². The molecule has 1 atom stereocenters. The molecule has 4 nitrogen and oxygen atoms in total. The number of hydrogen-bond donors (Lipinski definition) is 2. The predicted molar refractivity (Wildman–Crippen MR) is 83.6 cm³/mol. The second kappa shape index (κ2) is 7.88. The van der Waals surface area contributed by atoms with Crippen LogP contribution >= 0.6 is 0 Å². The molecule has 112 valence electrons. The van der Waals surface area contributed by atoms with Crippen molar-refractivity contribution >= 4 is 11.7 Å². The molecule has 3 N–H and O–H groups in total. The van der Waals surface area contributed by atoms with Crippen molar-refractivity contribution in [3.8, 4) is 0 Å². The van der Waals surface area contributed by atoms with E-state index in [1.54, 1.807) is 6.07 Å². The third kappa shape index (κ3) is 4.51. The summed E-state index contributed by atoms with van der Waals surface area (Å²) in [6, 6.07) is 3.66. The highest BCUT2D eigenvalue weighted by molar-refractivity contribution is 5.95. The van der Waals surface area contributed by atoms with E-state index >= 15 is 0 Å². The average Bonchev–Trinajstić information content (AvgIpc) is 2.39. The summed E-state index contributed by atoms with van der Waals surface area (Å²) in [6.45, 7) is 8.45. The van der Waals surface area contributed by atoms with Gasteiger partial charge in [-0.05, 0) is 31.4 Å². The molecular formula is C16H27N3O. The number of aryl methyl sites for hydroxylation is 1. The van der Waals surface area contributed by atoms with Gasteiger partial charge in [0.25, 0.3) is 5.91 Å². The van der Waals surface area contributed by atoms with Crippen molar-refractivity contribution in [3.05, 3.63) is 23.4 Å². The van der Waals surface area contributed by atoms with Crippen LogP contribution in [0.4, 0.5) is 5.82 Å². The van der Waals surface area contributed by atoms with Gasteiger partial charge in [-0.1, -0.05) is 40.0 Å². The van der Waals surface area contributed by atoms with Gasteiger partial charge in [0.15, 0.2) is 0 Å². The van der Waals surface area contributed by atoms with Crippen LogP contribution in [0.25, 0.3) is 0 Å². The van der Waals surface area contributed by atoms with Gasteiger partial charge in [-0.25, -0.2) is 4.98 Å². The fourth-order valence-corrected chi connectivity index (χ4v) is 2.53. The Morgan fingerprint density at radius 1 is 1.30 bits per heavy atom. The van der Waals surface area contributed by atoms with Crippen molar-refractivity contribution in [2.24, 2.45) is 5.92 Å². The molecule has 0 aliphatic carbocycles. The standard InChI is InChI=1S/C16H27N3O/c1-5-8-14-9-13(10-15(17)19-14)16(20)18-11(4)12(6-2)7-3/h9-12H,5-8H2,1-4H3,(H2,17,19)(H,18,20). The molecule has 1 aromatic heterocycles. The molecule has 0 aliphatic rings. The quantitative estimate of drug-likeness (QED) is 0.804. The van der Waals surface area contributed by atoms with Crippen molar-refractivity contribution in [2.45, 2.75) is 59.4 Å². The summed E-state index contributed by atoms with van der Waals surface area (Å²) in [5.74, 6) is 0.861. The lowest BCUT2D eigenvalue weighted by Gasteiger charge is -2.22. The zero-order valence-corrected chi connectivity index (χ0v) is 13.1. The predicted octanol–water partition coefficient (Wildman–Crippen LogP) is 3.17. The van der Waals surface area contributed by atoms with Gasteiger partial charge >= 0.3 is 0 Å². The van der Waals surface area contributed by atoms with E-state index in [1.165, 1.54) is 0 Å². The third-order valence-corrected chi connectivity index (χ3v) is 3.78. The van der Waals surface area contributed by atoms with Gasteiger partial charge in [0.1, 0.15) is 5.82 Å². The Morgan fingerprint density at radius 3 is 2.50 bits per heavy atom. The van der Waals surface area contributed by atoms with Crippen molar-refractivity contribution in [3.63, 3.8) is 0 Å². The number of anilines is 1. The number of hydrogen-bond acceptors (Lipinski definition) is 3. The van der Waals surface area contributed by atoms with Crippen molar-refractivity contribution in [1.82, 2.24) is 10.3 Å². The molecule has 1 heterocycles. The highest BCUT2D eigenvalue weighted by Crippen LogP contribution is 2.14. The van der Waals surface area contributed by atoms with Gasteiger partial charge in [0.05, 0.1) is 0 Å². The highest BCUT2D eigenvalue weighted by atomic mass is 16.1. The molecule has 0 aromatic carbocycles. The molecule has 0 saturated heterocycles. The molecule has 1 amide bonds. The fourth-order valence-electron chi connectivity index (χ4n) is 2.53. The van der Waals surface area contributed by atoms with Gasteiger partial charge in [0, 0.05) is 17.3 Å². The van der Waals surface area contributed by atoms with Crippen LogP contribution in [-0.4, -0.2) is 16.9 Å². The Balaban J connectivity index is 2.81. The smallest absolute Gasteiger partial charge is 0.251 e. The summed E-state index contributed by atoms with van der Waals surface area (Å²) in [5, 5.41) is 3.07. The molecule has 0 saturated carbocycles. The lowest BCUT2D eigenvalue weighted by molar-refractivity contribution is 0.0925. The number of carbonyl (C=O) groups excluding carboxylic acids is 1. The number of aromatic nitrogens is 1. The second-order valence-electron chi connectivity index (χ2n) is 5.36. The fraction of sp³-hybridized carbons (Fsp3) is 0.625. The molecule has 20 heavy (non-hydrogen) atoms. The van der Waals surface area contributed by atoms with E-state index in [-0.39, 0.29) is 11.9 Å². The number of nitrogens with zero attached hydrogens (tertiary/aromatic N) is 1. The molecule has 0 aliphatic heterocycles. The maximum Gasteiger partial charge on any atom is 0.251 e. The van der Waals surface area contributed by atoms with E-state index in [2.05, 4.69) is 38.0 Å². The van der Waals surface area contributed by atoms with Crippen LogP contribution in [0.3, 0.4) is 0 Å². The molecule has 0 spiro atoms. The largest absolute Gasteiger partial charge is 0.384 e. The van der Waals surface area contributed by atoms with Gasteiger partial charge in [-0.2, -0.15) is 0 Å². The normalized spacial score (nSPS) is 12.4. The van der Waals surface area contributed by atoms with Crippen LogP contribution in [0.2, 0.25) is 0 Å². The Morgan fingerprint density at radius 2 is 1.95 bits per heavy atom. The SMILES string of the molecule is CCCc1cc(C(=O)NC(C)C(CC)CC)cc(N)n1. The first kappa shape index (κ1) is 16.5. The topological polar surface area (TPSA) is 68.0 Å². The number of carbonyl (C=O) groups is 1. The van der Waals surface area contributed by atoms with Crippen LogP contribution in [0, 0.1) is 5.92 Å². The zero-order valence-electron chi connectivity index (χ0n) is 13.1. The van der Waals surface area contributed by atoms with Crippen LogP contribution in [0.5, 0.6) is 0 Å². The Kier molecular flexibility index (Phi) is 6.49. The van der Waals surface area contributed by atoms with Crippen LogP contribution in [0.1, 0.15) is 63.0 Å². The minimum absolute atomic E-state index is 0.0594. The van der Waals surface area contributed by atoms with Crippen molar-refractivity contribution < 1.29 is 4.79 Å². The van der Waals surface area contributed by atoms with Crippen molar-refractivity contribution in [1.29, 1.82) is 0 Å². The van der Waals surface area contributed by atoms with Crippen LogP contribution in [0.15, 0.2) is 12.1 Å². The summed E-state index contributed by atoms with van der Waals surface area (Å²) >= 11 is 0.